The van der Waals surface area contributed by atoms with E-state index in [0.29, 0.717) is 0 Å². The van der Waals surface area contributed by atoms with Crippen LogP contribution in [-0.2, 0) is 12.8 Å². The predicted octanol–water partition coefficient (Wildman–Crippen LogP) is 4.46. The maximum Gasteiger partial charge on any atom is 0.0456 e. The molecule has 0 aliphatic rings. The molecule has 0 saturated carbocycles. The van der Waals surface area contributed by atoms with Gasteiger partial charge in [0.1, 0.15) is 0 Å². The number of benzene rings is 1. The number of hydrogen-bond donors (Lipinski definition) is 1. The molecule has 86 valence electrons. The summed E-state index contributed by atoms with van der Waals surface area (Å²) in [5, 5.41) is 1.43. The number of aromatic nitrogens is 1. The molecule has 0 aliphatic carbocycles. The highest BCUT2D eigenvalue weighted by atomic mass is 14.7. The number of H-pyrrole nitrogens is 1. The summed E-state index contributed by atoms with van der Waals surface area (Å²) in [6, 6.07) is 6.84. The van der Waals surface area contributed by atoms with E-state index in [1.54, 1.807) is 0 Å². The third-order valence-electron chi connectivity index (χ3n) is 3.17. The molecule has 16 heavy (non-hydrogen) atoms. The van der Waals surface area contributed by atoms with Crippen molar-refractivity contribution in [2.75, 3.05) is 0 Å². The van der Waals surface area contributed by atoms with Crippen LogP contribution >= 0.6 is 0 Å². The van der Waals surface area contributed by atoms with E-state index in [0.717, 1.165) is 0 Å². The minimum absolute atomic E-state index is 1.18. The van der Waals surface area contributed by atoms with Gasteiger partial charge in [-0.3, -0.25) is 0 Å². The van der Waals surface area contributed by atoms with Gasteiger partial charge in [0.05, 0.1) is 0 Å². The van der Waals surface area contributed by atoms with E-state index >= 15 is 0 Å². The molecule has 0 saturated heterocycles. The second-order valence-electron chi connectivity index (χ2n) is 4.55. The number of aromatic amines is 1. The number of hydrogen-bond acceptors (Lipinski definition) is 0. The molecule has 0 amide bonds. The molecule has 0 radical (unpaired) electrons. The van der Waals surface area contributed by atoms with Crippen LogP contribution in [0.5, 0.6) is 0 Å². The van der Waals surface area contributed by atoms with Gasteiger partial charge in [-0.25, -0.2) is 0 Å². The summed E-state index contributed by atoms with van der Waals surface area (Å²) in [6.45, 7) is 4.48. The molecular weight excluding hydrogens is 194 g/mol. The zero-order valence-corrected chi connectivity index (χ0v) is 10.3. The molecule has 1 aromatic heterocycles. The third kappa shape index (κ3) is 2.29. The fourth-order valence-electron chi connectivity index (χ4n) is 2.24. The second-order valence-corrected chi connectivity index (χ2v) is 4.55. The van der Waals surface area contributed by atoms with Gasteiger partial charge in [0.15, 0.2) is 0 Å². The third-order valence-corrected chi connectivity index (χ3v) is 3.17. The van der Waals surface area contributed by atoms with E-state index in [4.69, 9.17) is 0 Å². The second kappa shape index (κ2) is 5.20. The predicted molar refractivity (Wildman–Crippen MR) is 70.9 cm³/mol. The number of rotatable bonds is 5. The Morgan fingerprint density at radius 2 is 1.94 bits per heavy atom. The Morgan fingerprint density at radius 3 is 2.69 bits per heavy atom. The molecular formula is C15H21N. The lowest BCUT2D eigenvalue weighted by atomic mass is 10.0. The van der Waals surface area contributed by atoms with Crippen LogP contribution in [0.2, 0.25) is 0 Å². The van der Waals surface area contributed by atoms with Crippen molar-refractivity contribution in [3.05, 3.63) is 35.5 Å². The Hall–Kier alpha value is -1.24. The highest BCUT2D eigenvalue weighted by Crippen LogP contribution is 2.21. The number of fused-ring (bicyclic) bond motifs is 1. The van der Waals surface area contributed by atoms with Gasteiger partial charge in [0, 0.05) is 17.1 Å². The SMILES string of the molecule is CCCCc1ccc2[nH]cc(CCC)c2c1. The number of unbranched alkanes of at least 4 members (excludes halogenated alkanes) is 1. The Kier molecular flexibility index (Phi) is 3.66. The molecule has 2 aromatic rings. The van der Waals surface area contributed by atoms with Crippen molar-refractivity contribution in [1.82, 2.24) is 4.98 Å². The van der Waals surface area contributed by atoms with Gasteiger partial charge in [-0.1, -0.05) is 32.8 Å². The summed E-state index contributed by atoms with van der Waals surface area (Å²) in [7, 11) is 0. The standard InChI is InChI=1S/C15H21N/c1-3-5-7-12-8-9-15-14(10-12)13(6-4-2)11-16-15/h8-11,16H,3-7H2,1-2H3. The van der Waals surface area contributed by atoms with E-state index in [2.05, 4.69) is 43.2 Å². The zero-order valence-electron chi connectivity index (χ0n) is 10.3. The van der Waals surface area contributed by atoms with Gasteiger partial charge < -0.3 is 4.98 Å². The van der Waals surface area contributed by atoms with Gasteiger partial charge >= 0.3 is 0 Å². The molecule has 2 rings (SSSR count). The highest BCUT2D eigenvalue weighted by molar-refractivity contribution is 5.83. The molecule has 0 spiro atoms. The molecule has 0 fully saturated rings. The van der Waals surface area contributed by atoms with Crippen LogP contribution in [0.25, 0.3) is 10.9 Å². The van der Waals surface area contributed by atoms with Gasteiger partial charge in [-0.15, -0.1) is 0 Å². The normalized spacial score (nSPS) is 11.1. The molecule has 1 heterocycles. The topological polar surface area (TPSA) is 15.8 Å². The van der Waals surface area contributed by atoms with E-state index in [9.17, 15) is 0 Å². The van der Waals surface area contributed by atoms with E-state index < -0.39 is 0 Å². The van der Waals surface area contributed by atoms with E-state index in [-0.39, 0.29) is 0 Å². The molecule has 0 atom stereocenters. The van der Waals surface area contributed by atoms with Crippen molar-refractivity contribution < 1.29 is 0 Å². The molecule has 0 bridgehead atoms. The molecule has 1 heteroatoms. The van der Waals surface area contributed by atoms with E-state index in [1.807, 2.05) is 0 Å². The van der Waals surface area contributed by atoms with Gasteiger partial charge in [-0.2, -0.15) is 0 Å². The van der Waals surface area contributed by atoms with Crippen molar-refractivity contribution in [3.8, 4) is 0 Å². The summed E-state index contributed by atoms with van der Waals surface area (Å²) < 4.78 is 0. The van der Waals surface area contributed by atoms with Crippen LogP contribution in [0, 0.1) is 0 Å². The summed E-state index contributed by atoms with van der Waals surface area (Å²) in [5.41, 5.74) is 4.23. The van der Waals surface area contributed by atoms with Crippen molar-refractivity contribution >= 4 is 10.9 Å². The summed E-state index contributed by atoms with van der Waals surface area (Å²) in [6.07, 6.45) is 8.33. The molecule has 0 unspecified atom stereocenters. The molecule has 0 aliphatic heterocycles. The average Bonchev–Trinajstić information content (AvgIpc) is 2.70. The Morgan fingerprint density at radius 1 is 1.06 bits per heavy atom. The first kappa shape index (κ1) is 11.3. The fourth-order valence-corrected chi connectivity index (χ4v) is 2.24. The quantitative estimate of drug-likeness (QED) is 0.757. The molecule has 1 nitrogen and oxygen atoms in total. The van der Waals surface area contributed by atoms with Crippen LogP contribution in [0.1, 0.15) is 44.2 Å². The fraction of sp³-hybridized carbons (Fsp3) is 0.467. The number of aryl methyl sites for hydroxylation is 2. The van der Waals surface area contributed by atoms with Gasteiger partial charge in [-0.05, 0) is 42.5 Å². The highest BCUT2D eigenvalue weighted by Gasteiger charge is 2.03. The van der Waals surface area contributed by atoms with Crippen LogP contribution in [0.3, 0.4) is 0 Å². The Balaban J connectivity index is 2.30. The van der Waals surface area contributed by atoms with Crippen molar-refractivity contribution in [2.45, 2.75) is 46.0 Å². The minimum Gasteiger partial charge on any atom is -0.361 e. The molecule has 1 aromatic carbocycles. The van der Waals surface area contributed by atoms with Gasteiger partial charge in [0.25, 0.3) is 0 Å². The van der Waals surface area contributed by atoms with Crippen LogP contribution in [0.4, 0.5) is 0 Å². The smallest absolute Gasteiger partial charge is 0.0456 e. The van der Waals surface area contributed by atoms with Crippen LogP contribution in [0.15, 0.2) is 24.4 Å². The summed E-state index contributed by atoms with van der Waals surface area (Å²) >= 11 is 0. The first-order valence-corrected chi connectivity index (χ1v) is 6.44. The van der Waals surface area contributed by atoms with Crippen LogP contribution in [-0.4, -0.2) is 4.98 Å². The van der Waals surface area contributed by atoms with Crippen molar-refractivity contribution in [2.24, 2.45) is 0 Å². The maximum atomic E-state index is 3.36. The molecule has 1 N–H and O–H groups in total. The monoisotopic (exact) mass is 215 g/mol. The lowest BCUT2D eigenvalue weighted by Crippen LogP contribution is -1.85. The first-order chi connectivity index (χ1) is 7.85. The minimum atomic E-state index is 1.18. The average molecular weight is 215 g/mol. The van der Waals surface area contributed by atoms with Gasteiger partial charge in [0.2, 0.25) is 0 Å². The summed E-state index contributed by atoms with van der Waals surface area (Å²) in [4.78, 5) is 3.36. The first-order valence-electron chi connectivity index (χ1n) is 6.44. The lowest BCUT2D eigenvalue weighted by Gasteiger charge is -2.01. The zero-order chi connectivity index (χ0) is 11.4. The number of nitrogens with one attached hydrogen (secondary N) is 1. The Bertz CT molecular complexity index is 453. The Labute approximate surface area is 97.9 Å². The van der Waals surface area contributed by atoms with Crippen molar-refractivity contribution in [3.63, 3.8) is 0 Å². The van der Waals surface area contributed by atoms with Crippen LogP contribution < -0.4 is 0 Å². The summed E-state index contributed by atoms with van der Waals surface area (Å²) in [5.74, 6) is 0. The lowest BCUT2D eigenvalue weighted by molar-refractivity contribution is 0.796. The maximum absolute atomic E-state index is 3.36. The largest absolute Gasteiger partial charge is 0.361 e. The van der Waals surface area contributed by atoms with E-state index in [1.165, 1.54) is 54.1 Å². The van der Waals surface area contributed by atoms with Crippen molar-refractivity contribution in [1.29, 1.82) is 0 Å².